The van der Waals surface area contributed by atoms with Gasteiger partial charge in [0, 0.05) is 4.88 Å². The predicted octanol–water partition coefficient (Wildman–Crippen LogP) is 4.46. The van der Waals surface area contributed by atoms with Crippen molar-refractivity contribution in [1.82, 2.24) is 5.32 Å². The van der Waals surface area contributed by atoms with Crippen LogP contribution in [0.3, 0.4) is 0 Å². The molecule has 0 unspecified atom stereocenters. The van der Waals surface area contributed by atoms with Crippen molar-refractivity contribution in [3.63, 3.8) is 0 Å². The first-order valence-electron chi connectivity index (χ1n) is 8.57. The highest BCUT2D eigenvalue weighted by Gasteiger charge is 2.32. The van der Waals surface area contributed by atoms with Crippen LogP contribution in [0, 0.1) is 5.92 Å². The lowest BCUT2D eigenvalue weighted by atomic mass is 9.88. The molecular weight excluding hydrogens is 316 g/mol. The molecule has 0 radical (unpaired) electrons. The maximum absolute atomic E-state index is 12.7. The van der Waals surface area contributed by atoms with Gasteiger partial charge in [-0.2, -0.15) is 0 Å². The van der Waals surface area contributed by atoms with Crippen molar-refractivity contribution >= 4 is 28.3 Å². The van der Waals surface area contributed by atoms with Crippen LogP contribution >= 0.6 is 11.3 Å². The summed E-state index contributed by atoms with van der Waals surface area (Å²) in [5.41, 5.74) is 4.43. The van der Waals surface area contributed by atoms with Gasteiger partial charge in [-0.25, -0.2) is 0 Å². The lowest BCUT2D eigenvalue weighted by Crippen LogP contribution is -2.45. The van der Waals surface area contributed by atoms with Gasteiger partial charge in [0.05, 0.1) is 5.56 Å². The maximum Gasteiger partial charge on any atom is 0.256 e. The topological polar surface area (TPSA) is 41.1 Å². The van der Waals surface area contributed by atoms with Crippen LogP contribution in [-0.2, 0) is 12.8 Å². The van der Waals surface area contributed by atoms with Crippen LogP contribution in [0.1, 0.15) is 46.6 Å². The fourth-order valence-electron chi connectivity index (χ4n) is 3.59. The highest BCUT2D eigenvalue weighted by molar-refractivity contribution is 7.16. The third kappa shape index (κ3) is 2.75. The van der Waals surface area contributed by atoms with Gasteiger partial charge in [-0.3, -0.25) is 4.79 Å². The van der Waals surface area contributed by atoms with Gasteiger partial charge in [-0.1, -0.05) is 43.3 Å². The number of carbonyl (C=O) groups is 1. The van der Waals surface area contributed by atoms with Gasteiger partial charge < -0.3 is 10.6 Å². The quantitative estimate of drug-likeness (QED) is 0.849. The predicted molar refractivity (Wildman–Crippen MR) is 100 cm³/mol. The molecule has 2 aromatic rings. The van der Waals surface area contributed by atoms with Gasteiger partial charge in [0.2, 0.25) is 0 Å². The fourth-order valence-corrected chi connectivity index (χ4v) is 5.02. The molecule has 24 heavy (non-hydrogen) atoms. The van der Waals surface area contributed by atoms with Crippen LogP contribution in [0.5, 0.6) is 0 Å². The molecule has 2 aliphatic rings. The minimum Gasteiger partial charge on any atom is -0.353 e. The first kappa shape index (κ1) is 15.5. The number of fused-ring (bicyclic) bond motifs is 3. The van der Waals surface area contributed by atoms with Gasteiger partial charge >= 0.3 is 0 Å². The van der Waals surface area contributed by atoms with Gasteiger partial charge in [0.25, 0.3) is 5.91 Å². The minimum absolute atomic E-state index is 0.0709. The van der Waals surface area contributed by atoms with Crippen molar-refractivity contribution in [2.45, 2.75) is 39.3 Å². The SMILES string of the molecule is C/C(=C\c1ccccc1)[C@H]1NC(=O)c2c(sc3c2CC[C@@H](C)C3)N1. The molecule has 124 valence electrons. The first-order chi connectivity index (χ1) is 11.6. The molecule has 4 heteroatoms. The second-order valence-electron chi connectivity index (χ2n) is 6.91. The number of hydrogen-bond donors (Lipinski definition) is 2. The Bertz CT molecular complexity index is 807. The van der Waals surface area contributed by atoms with E-state index in [0.29, 0.717) is 0 Å². The zero-order valence-corrected chi connectivity index (χ0v) is 14.9. The summed E-state index contributed by atoms with van der Waals surface area (Å²) in [4.78, 5) is 14.1. The molecular formula is C20H22N2OS. The maximum atomic E-state index is 12.7. The van der Waals surface area contributed by atoms with Crippen molar-refractivity contribution in [2.75, 3.05) is 5.32 Å². The Morgan fingerprint density at radius 2 is 2.04 bits per heavy atom. The van der Waals surface area contributed by atoms with Crippen molar-refractivity contribution < 1.29 is 4.79 Å². The van der Waals surface area contributed by atoms with Gasteiger partial charge in [-0.15, -0.1) is 11.3 Å². The standard InChI is InChI=1S/C20H22N2OS/c1-12-8-9-15-16(10-12)24-20-17(15)19(23)21-18(22-20)13(2)11-14-6-4-3-5-7-14/h3-7,11-12,18,22H,8-10H2,1-2H3,(H,21,23)/b13-11+/t12-,18+/m1/s1. The molecule has 4 rings (SSSR count). The average Bonchev–Trinajstić information content (AvgIpc) is 2.93. The smallest absolute Gasteiger partial charge is 0.256 e. The number of nitrogens with one attached hydrogen (secondary N) is 2. The summed E-state index contributed by atoms with van der Waals surface area (Å²) in [6.07, 6.45) is 5.30. The van der Waals surface area contributed by atoms with Gasteiger partial charge in [0.1, 0.15) is 11.2 Å². The number of hydrogen-bond acceptors (Lipinski definition) is 3. The van der Waals surface area contributed by atoms with Crippen molar-refractivity contribution in [1.29, 1.82) is 0 Å². The van der Waals surface area contributed by atoms with Gasteiger partial charge in [0.15, 0.2) is 0 Å². The molecule has 0 saturated carbocycles. The molecule has 2 heterocycles. The highest BCUT2D eigenvalue weighted by Crippen LogP contribution is 2.41. The van der Waals surface area contributed by atoms with E-state index >= 15 is 0 Å². The molecule has 1 aliphatic carbocycles. The summed E-state index contributed by atoms with van der Waals surface area (Å²) in [5, 5.41) is 7.71. The van der Waals surface area contributed by atoms with Crippen molar-refractivity contribution in [3.8, 4) is 0 Å². The molecule has 0 spiro atoms. The van der Waals surface area contributed by atoms with E-state index in [-0.39, 0.29) is 12.1 Å². The zero-order chi connectivity index (χ0) is 16.7. The van der Waals surface area contributed by atoms with E-state index in [0.717, 1.165) is 40.5 Å². The average molecular weight is 338 g/mol. The minimum atomic E-state index is -0.136. The van der Waals surface area contributed by atoms with E-state index in [9.17, 15) is 4.79 Å². The number of benzene rings is 1. The third-order valence-corrected chi connectivity index (χ3v) is 6.12. The largest absolute Gasteiger partial charge is 0.353 e. The first-order valence-corrected chi connectivity index (χ1v) is 9.38. The normalized spacial score (nSPS) is 23.1. The molecule has 0 fully saturated rings. The molecule has 0 saturated heterocycles. The van der Waals surface area contributed by atoms with E-state index < -0.39 is 0 Å². The molecule has 1 aromatic heterocycles. The van der Waals surface area contributed by atoms with Crippen LogP contribution in [0.2, 0.25) is 0 Å². The third-order valence-electron chi connectivity index (χ3n) is 4.94. The number of anilines is 1. The van der Waals surface area contributed by atoms with Crippen LogP contribution < -0.4 is 10.6 Å². The van der Waals surface area contributed by atoms with Crippen LogP contribution in [0.25, 0.3) is 6.08 Å². The molecule has 1 aromatic carbocycles. The molecule has 3 nitrogen and oxygen atoms in total. The van der Waals surface area contributed by atoms with E-state index in [2.05, 4.69) is 42.7 Å². The van der Waals surface area contributed by atoms with Crippen molar-refractivity contribution in [3.05, 3.63) is 57.5 Å². The van der Waals surface area contributed by atoms with Gasteiger partial charge in [-0.05, 0) is 48.8 Å². The Morgan fingerprint density at radius 1 is 1.25 bits per heavy atom. The van der Waals surface area contributed by atoms with Crippen LogP contribution in [0.4, 0.5) is 5.00 Å². The molecule has 2 atom stereocenters. The lowest BCUT2D eigenvalue weighted by molar-refractivity contribution is 0.0941. The van der Waals surface area contributed by atoms with E-state index in [1.165, 1.54) is 16.9 Å². The summed E-state index contributed by atoms with van der Waals surface area (Å²) < 4.78 is 0. The summed E-state index contributed by atoms with van der Waals surface area (Å²) >= 11 is 1.77. The Labute approximate surface area is 146 Å². The van der Waals surface area contributed by atoms with E-state index in [4.69, 9.17) is 0 Å². The monoisotopic (exact) mass is 338 g/mol. The van der Waals surface area contributed by atoms with Crippen LogP contribution in [-0.4, -0.2) is 12.1 Å². The Hall–Kier alpha value is -2.07. The fraction of sp³-hybridized carbons (Fsp3) is 0.350. The summed E-state index contributed by atoms with van der Waals surface area (Å²) in [6.45, 7) is 4.36. The highest BCUT2D eigenvalue weighted by atomic mass is 32.1. The Balaban J connectivity index is 1.63. The summed E-state index contributed by atoms with van der Waals surface area (Å²) in [5.74, 6) is 0.790. The number of amides is 1. The number of carbonyl (C=O) groups excluding carboxylic acids is 1. The summed E-state index contributed by atoms with van der Waals surface area (Å²) in [7, 11) is 0. The number of rotatable bonds is 2. The molecule has 0 bridgehead atoms. The molecule has 1 aliphatic heterocycles. The summed E-state index contributed by atoms with van der Waals surface area (Å²) in [6, 6.07) is 10.2. The second-order valence-corrected chi connectivity index (χ2v) is 8.01. The van der Waals surface area contributed by atoms with Crippen molar-refractivity contribution in [2.24, 2.45) is 5.92 Å². The Morgan fingerprint density at radius 3 is 2.83 bits per heavy atom. The second kappa shape index (κ2) is 6.10. The Kier molecular flexibility index (Phi) is 3.93. The lowest BCUT2D eigenvalue weighted by Gasteiger charge is -2.27. The molecule has 1 amide bonds. The van der Waals surface area contributed by atoms with E-state index in [1.54, 1.807) is 11.3 Å². The zero-order valence-electron chi connectivity index (χ0n) is 14.1. The van der Waals surface area contributed by atoms with E-state index in [1.807, 2.05) is 18.2 Å². The number of thiophene rings is 1. The molecule has 2 N–H and O–H groups in total. The van der Waals surface area contributed by atoms with Crippen LogP contribution in [0.15, 0.2) is 35.9 Å².